The van der Waals surface area contributed by atoms with Gasteiger partial charge in [0.2, 0.25) is 5.91 Å². The molecule has 1 heterocycles. The molecule has 0 unspecified atom stereocenters. The molecule has 0 radical (unpaired) electrons. The Morgan fingerprint density at radius 2 is 2.00 bits per heavy atom. The van der Waals surface area contributed by atoms with Gasteiger partial charge in [-0.25, -0.2) is 8.42 Å². The van der Waals surface area contributed by atoms with Crippen molar-refractivity contribution in [3.05, 3.63) is 23.8 Å². The number of nitrogens with one attached hydrogen (secondary N) is 1. The van der Waals surface area contributed by atoms with Crippen molar-refractivity contribution in [1.82, 2.24) is 0 Å². The zero-order valence-corrected chi connectivity index (χ0v) is 11.5. The lowest BCUT2D eigenvalue weighted by Gasteiger charge is -2.24. The van der Waals surface area contributed by atoms with Gasteiger partial charge in [-0.05, 0) is 49.4 Å². The zero-order chi connectivity index (χ0) is 13.5. The highest BCUT2D eigenvalue weighted by Gasteiger charge is 2.26. The topological polar surface area (TPSA) is 63.2 Å². The van der Waals surface area contributed by atoms with E-state index in [2.05, 4.69) is 5.32 Å². The molecule has 1 aromatic rings. The predicted octanol–water partition coefficient (Wildman–Crippen LogP) is 2.15. The van der Waals surface area contributed by atoms with Crippen LogP contribution < -0.4 is 5.32 Å². The molecule has 5 heteroatoms. The summed E-state index contributed by atoms with van der Waals surface area (Å²) >= 11 is 0. The molecule has 0 atom stereocenters. The maximum Gasteiger partial charge on any atom is 0.227 e. The van der Waals surface area contributed by atoms with Gasteiger partial charge < -0.3 is 5.32 Å². The maximum absolute atomic E-state index is 11.9. The lowest BCUT2D eigenvalue weighted by Crippen LogP contribution is -2.28. The van der Waals surface area contributed by atoms with E-state index in [9.17, 15) is 13.2 Å². The Hall–Kier alpha value is -1.36. The van der Waals surface area contributed by atoms with Crippen LogP contribution in [0, 0.1) is 5.92 Å². The summed E-state index contributed by atoms with van der Waals surface area (Å²) in [5.41, 5.74) is 1.55. The Labute approximate surface area is 113 Å². The van der Waals surface area contributed by atoms with E-state index < -0.39 is 9.84 Å². The molecule has 0 aromatic heterocycles. The van der Waals surface area contributed by atoms with Gasteiger partial charge >= 0.3 is 0 Å². The van der Waals surface area contributed by atoms with Gasteiger partial charge in [-0.3, -0.25) is 4.79 Å². The fourth-order valence-corrected chi connectivity index (χ4v) is 4.21. The number of rotatable bonds is 2. The van der Waals surface area contributed by atoms with Crippen LogP contribution in [0.3, 0.4) is 0 Å². The number of aryl methyl sites for hydroxylation is 1. The normalized spacial score (nSPS) is 21.3. The second-order valence-corrected chi connectivity index (χ2v) is 7.44. The summed E-state index contributed by atoms with van der Waals surface area (Å²) in [7, 11) is -3.11. The summed E-state index contributed by atoms with van der Waals surface area (Å²) in [6.45, 7) is 0. The Morgan fingerprint density at radius 1 is 1.21 bits per heavy atom. The van der Waals surface area contributed by atoms with E-state index in [1.54, 1.807) is 12.1 Å². The molecule has 3 rings (SSSR count). The molecule has 1 fully saturated rings. The molecule has 1 N–H and O–H groups in total. The van der Waals surface area contributed by atoms with E-state index >= 15 is 0 Å². The van der Waals surface area contributed by atoms with Crippen molar-refractivity contribution in [3.8, 4) is 0 Å². The van der Waals surface area contributed by atoms with E-state index in [-0.39, 0.29) is 17.6 Å². The molecule has 0 saturated heterocycles. The number of hydrogen-bond acceptors (Lipinski definition) is 3. The second kappa shape index (κ2) is 4.63. The Bertz CT molecular complexity index is 618. The molecule has 1 amide bonds. The second-order valence-electron chi connectivity index (χ2n) is 5.36. The van der Waals surface area contributed by atoms with Crippen molar-refractivity contribution in [2.45, 2.75) is 37.0 Å². The summed E-state index contributed by atoms with van der Waals surface area (Å²) in [5.74, 6) is 0.429. The zero-order valence-electron chi connectivity index (χ0n) is 10.7. The first-order valence-electron chi connectivity index (χ1n) is 6.73. The van der Waals surface area contributed by atoms with Crippen molar-refractivity contribution >= 4 is 21.4 Å². The number of carbonyl (C=O) groups is 1. The molecule has 1 saturated carbocycles. The van der Waals surface area contributed by atoms with Crippen LogP contribution in [-0.2, 0) is 21.1 Å². The van der Waals surface area contributed by atoms with Crippen LogP contribution in [0.1, 0.15) is 31.2 Å². The lowest BCUT2D eigenvalue weighted by molar-refractivity contribution is -0.122. The highest BCUT2D eigenvalue weighted by atomic mass is 32.2. The standard InChI is InChI=1S/C14H17NO3S/c16-14(10-3-1-4-10)15-12-6-7-13-11(9-12)5-2-8-19(13,17)18/h6-7,9-10H,1-5,8H2,(H,15,16). The van der Waals surface area contributed by atoms with Gasteiger partial charge in [-0.15, -0.1) is 0 Å². The third-order valence-corrected chi connectivity index (χ3v) is 5.89. The quantitative estimate of drug-likeness (QED) is 0.902. The minimum Gasteiger partial charge on any atom is -0.326 e. The summed E-state index contributed by atoms with van der Waals surface area (Å²) in [6.07, 6.45) is 4.48. The van der Waals surface area contributed by atoms with Gasteiger partial charge in [0.1, 0.15) is 0 Å². The Kier molecular flexibility index (Phi) is 3.09. The average molecular weight is 279 g/mol. The van der Waals surface area contributed by atoms with Crippen LogP contribution in [0.25, 0.3) is 0 Å². The predicted molar refractivity (Wildman–Crippen MR) is 72.8 cm³/mol. The van der Waals surface area contributed by atoms with Crippen molar-refractivity contribution in [2.24, 2.45) is 5.92 Å². The summed E-state index contributed by atoms with van der Waals surface area (Å²) in [4.78, 5) is 12.3. The maximum atomic E-state index is 11.9. The number of benzene rings is 1. The van der Waals surface area contributed by atoms with Crippen LogP contribution in [0.5, 0.6) is 0 Å². The Morgan fingerprint density at radius 3 is 2.68 bits per heavy atom. The molecule has 102 valence electrons. The number of anilines is 1. The van der Waals surface area contributed by atoms with Gasteiger partial charge in [-0.2, -0.15) is 0 Å². The first-order valence-corrected chi connectivity index (χ1v) is 8.38. The lowest BCUT2D eigenvalue weighted by atomic mass is 9.85. The molecule has 0 spiro atoms. The van der Waals surface area contributed by atoms with Crippen LogP contribution in [0.15, 0.2) is 23.1 Å². The van der Waals surface area contributed by atoms with Gasteiger partial charge in [0.15, 0.2) is 9.84 Å². The molecule has 1 aromatic carbocycles. The summed E-state index contributed by atoms with van der Waals surface area (Å²) in [6, 6.07) is 5.13. The fourth-order valence-electron chi connectivity index (χ4n) is 2.63. The van der Waals surface area contributed by atoms with Crippen molar-refractivity contribution in [2.75, 3.05) is 11.1 Å². The molecule has 1 aliphatic heterocycles. The number of carbonyl (C=O) groups excluding carboxylic acids is 1. The van der Waals surface area contributed by atoms with E-state index in [0.29, 0.717) is 17.0 Å². The average Bonchev–Trinajstić information content (AvgIpc) is 2.25. The van der Waals surface area contributed by atoms with Crippen molar-refractivity contribution < 1.29 is 13.2 Å². The molecule has 19 heavy (non-hydrogen) atoms. The fraction of sp³-hybridized carbons (Fsp3) is 0.500. The Balaban J connectivity index is 1.83. The smallest absolute Gasteiger partial charge is 0.227 e. The van der Waals surface area contributed by atoms with Crippen LogP contribution in [0.4, 0.5) is 5.69 Å². The first kappa shape index (κ1) is 12.7. The van der Waals surface area contributed by atoms with Crippen LogP contribution >= 0.6 is 0 Å². The van der Waals surface area contributed by atoms with Gasteiger partial charge in [0.05, 0.1) is 10.6 Å². The molecular formula is C14H17NO3S. The third-order valence-electron chi connectivity index (χ3n) is 4.00. The van der Waals surface area contributed by atoms with Crippen molar-refractivity contribution in [3.63, 3.8) is 0 Å². The van der Waals surface area contributed by atoms with Crippen molar-refractivity contribution in [1.29, 1.82) is 0 Å². The number of hydrogen-bond donors (Lipinski definition) is 1. The third kappa shape index (κ3) is 2.39. The molecule has 4 nitrogen and oxygen atoms in total. The monoisotopic (exact) mass is 279 g/mol. The largest absolute Gasteiger partial charge is 0.326 e. The van der Waals surface area contributed by atoms with Crippen LogP contribution in [-0.4, -0.2) is 20.1 Å². The molecule has 2 aliphatic rings. The molecule has 0 bridgehead atoms. The number of fused-ring (bicyclic) bond motifs is 1. The summed E-state index contributed by atoms with van der Waals surface area (Å²) < 4.78 is 23.8. The van der Waals surface area contributed by atoms with Gasteiger partial charge in [0.25, 0.3) is 0 Å². The molecule has 1 aliphatic carbocycles. The van der Waals surface area contributed by atoms with Gasteiger partial charge in [-0.1, -0.05) is 6.42 Å². The first-order chi connectivity index (χ1) is 9.06. The van der Waals surface area contributed by atoms with E-state index in [0.717, 1.165) is 31.2 Å². The molecular weight excluding hydrogens is 262 g/mol. The highest BCUT2D eigenvalue weighted by molar-refractivity contribution is 7.91. The van der Waals surface area contributed by atoms with E-state index in [1.807, 2.05) is 6.07 Å². The van der Waals surface area contributed by atoms with E-state index in [4.69, 9.17) is 0 Å². The number of sulfone groups is 1. The minimum absolute atomic E-state index is 0.0601. The summed E-state index contributed by atoms with van der Waals surface area (Å²) in [5, 5.41) is 2.89. The SMILES string of the molecule is O=C(Nc1ccc2c(c1)CCCS2(=O)=O)C1CCC1. The van der Waals surface area contributed by atoms with Crippen LogP contribution in [0.2, 0.25) is 0 Å². The van der Waals surface area contributed by atoms with Gasteiger partial charge in [0, 0.05) is 11.6 Å². The number of amides is 1. The minimum atomic E-state index is -3.11. The van der Waals surface area contributed by atoms with E-state index in [1.165, 1.54) is 0 Å². The highest BCUT2D eigenvalue weighted by Crippen LogP contribution is 2.30.